The maximum Gasteiger partial charge on any atom is 0.252 e. The molecule has 2 aromatic heterocycles. The number of carbonyl (C=O) groups excluding carboxylic acids is 1. The minimum atomic E-state index is -0.497. The number of carbonyl (C=O) groups is 1. The molecule has 3 heterocycles. The molecule has 1 aliphatic heterocycles. The summed E-state index contributed by atoms with van der Waals surface area (Å²) in [6.07, 6.45) is 5.51. The van der Waals surface area contributed by atoms with Crippen molar-refractivity contribution in [1.29, 1.82) is 0 Å². The fraction of sp³-hybridized carbons (Fsp3) is 0.440. The third-order valence-electron chi connectivity index (χ3n) is 6.45. The summed E-state index contributed by atoms with van der Waals surface area (Å²) in [7, 11) is 1.70. The van der Waals surface area contributed by atoms with Crippen molar-refractivity contribution in [2.75, 3.05) is 13.7 Å². The van der Waals surface area contributed by atoms with Gasteiger partial charge in [0.05, 0.1) is 30.1 Å². The zero-order valence-corrected chi connectivity index (χ0v) is 19.7. The minimum Gasteiger partial charge on any atom is -0.496 e. The van der Waals surface area contributed by atoms with Gasteiger partial charge >= 0.3 is 0 Å². The average Bonchev–Trinajstić information content (AvgIpc) is 3.11. The first-order valence-electron chi connectivity index (χ1n) is 11.3. The minimum absolute atomic E-state index is 0.104. The van der Waals surface area contributed by atoms with E-state index in [9.17, 15) is 4.79 Å². The monoisotopic (exact) mass is 449 g/mol. The van der Waals surface area contributed by atoms with E-state index < -0.39 is 5.91 Å². The van der Waals surface area contributed by atoms with Gasteiger partial charge in [-0.2, -0.15) is 0 Å². The number of aryl methyl sites for hydroxylation is 3. The van der Waals surface area contributed by atoms with Crippen molar-refractivity contribution in [3.63, 3.8) is 0 Å². The molecule has 0 spiro atoms. The first kappa shape index (κ1) is 22.9. The summed E-state index contributed by atoms with van der Waals surface area (Å²) >= 11 is 0. The highest BCUT2D eigenvalue weighted by atomic mass is 16.5. The van der Waals surface area contributed by atoms with Crippen molar-refractivity contribution in [1.82, 2.24) is 20.0 Å². The largest absolute Gasteiger partial charge is 0.496 e. The normalized spacial score (nSPS) is 16.7. The van der Waals surface area contributed by atoms with E-state index in [0.29, 0.717) is 17.7 Å². The highest BCUT2D eigenvalue weighted by Crippen LogP contribution is 2.32. The first-order chi connectivity index (χ1) is 15.9. The molecule has 2 N–H and O–H groups in total. The molecule has 1 fully saturated rings. The number of primary amides is 1. The van der Waals surface area contributed by atoms with Crippen molar-refractivity contribution in [3.05, 3.63) is 69.6 Å². The predicted octanol–water partition coefficient (Wildman–Crippen LogP) is 3.82. The fourth-order valence-corrected chi connectivity index (χ4v) is 4.61. The highest BCUT2D eigenvalue weighted by molar-refractivity contribution is 5.93. The zero-order chi connectivity index (χ0) is 23.5. The van der Waals surface area contributed by atoms with Crippen molar-refractivity contribution < 1.29 is 14.1 Å². The lowest BCUT2D eigenvalue weighted by Crippen LogP contribution is -2.34. The molecule has 0 radical (unpaired) electrons. The third-order valence-corrected chi connectivity index (χ3v) is 6.45. The van der Waals surface area contributed by atoms with Crippen LogP contribution in [0.25, 0.3) is 0 Å². The van der Waals surface area contributed by atoms with Crippen LogP contribution in [0.4, 0.5) is 0 Å². The van der Waals surface area contributed by atoms with Crippen molar-refractivity contribution >= 4 is 5.91 Å². The Morgan fingerprint density at radius 1 is 1.24 bits per heavy atom. The number of piperidine rings is 1. The molecule has 8 nitrogen and oxygen atoms in total. The molecule has 1 atom stereocenters. The summed E-state index contributed by atoms with van der Waals surface area (Å²) in [5.74, 6) is 1.95. The molecule has 174 valence electrons. The van der Waals surface area contributed by atoms with E-state index in [1.165, 1.54) is 5.56 Å². The Balaban J connectivity index is 1.59. The summed E-state index contributed by atoms with van der Waals surface area (Å²) in [6.45, 7) is 7.46. The van der Waals surface area contributed by atoms with E-state index in [1.807, 2.05) is 26.8 Å². The van der Waals surface area contributed by atoms with Gasteiger partial charge in [-0.05, 0) is 57.4 Å². The maximum absolute atomic E-state index is 11.6. The smallest absolute Gasteiger partial charge is 0.252 e. The molecule has 8 heteroatoms. The van der Waals surface area contributed by atoms with E-state index in [1.54, 1.807) is 13.3 Å². The number of methoxy groups -OCH3 is 1. The van der Waals surface area contributed by atoms with E-state index in [0.717, 1.165) is 66.5 Å². The van der Waals surface area contributed by atoms with Crippen molar-refractivity contribution in [2.24, 2.45) is 5.73 Å². The molecular formula is C25H31N5O3. The van der Waals surface area contributed by atoms with Gasteiger partial charge in [-0.3, -0.25) is 9.69 Å². The lowest BCUT2D eigenvalue weighted by atomic mass is 9.98. The molecule has 33 heavy (non-hydrogen) atoms. The van der Waals surface area contributed by atoms with Crippen LogP contribution in [0, 0.1) is 20.8 Å². The molecular weight excluding hydrogens is 418 g/mol. The second kappa shape index (κ2) is 9.70. The molecule has 0 saturated carbocycles. The van der Waals surface area contributed by atoms with Gasteiger partial charge in [-0.1, -0.05) is 23.7 Å². The molecule has 0 aliphatic carbocycles. The number of amides is 1. The quantitative estimate of drug-likeness (QED) is 0.584. The highest BCUT2D eigenvalue weighted by Gasteiger charge is 2.27. The van der Waals surface area contributed by atoms with Gasteiger partial charge in [0.2, 0.25) is 0 Å². The summed E-state index contributed by atoms with van der Waals surface area (Å²) in [4.78, 5) is 23.1. The number of hydrogen-bond donors (Lipinski definition) is 1. The van der Waals surface area contributed by atoms with Crippen LogP contribution < -0.4 is 10.5 Å². The van der Waals surface area contributed by atoms with Gasteiger partial charge in [0.15, 0.2) is 0 Å². The van der Waals surface area contributed by atoms with Gasteiger partial charge in [0, 0.05) is 24.7 Å². The Kier molecular flexibility index (Phi) is 6.74. The molecule has 1 amide bonds. The number of hydrogen-bond acceptors (Lipinski definition) is 7. The second-order valence-electron chi connectivity index (χ2n) is 8.70. The van der Waals surface area contributed by atoms with Crippen molar-refractivity contribution in [3.8, 4) is 5.75 Å². The van der Waals surface area contributed by atoms with Gasteiger partial charge in [-0.15, -0.1) is 0 Å². The number of nitrogens with zero attached hydrogens (tertiary/aromatic N) is 4. The van der Waals surface area contributed by atoms with Crippen LogP contribution in [0.3, 0.4) is 0 Å². The van der Waals surface area contributed by atoms with Gasteiger partial charge in [0.25, 0.3) is 5.91 Å². The van der Waals surface area contributed by atoms with E-state index in [-0.39, 0.29) is 6.04 Å². The summed E-state index contributed by atoms with van der Waals surface area (Å²) in [5, 5.41) is 4.08. The lowest BCUT2D eigenvalue weighted by molar-refractivity contribution is 0.0998. The summed E-state index contributed by atoms with van der Waals surface area (Å²) in [5.41, 5.74) is 10.7. The summed E-state index contributed by atoms with van der Waals surface area (Å²) in [6, 6.07) is 6.46. The second-order valence-corrected chi connectivity index (χ2v) is 8.70. The van der Waals surface area contributed by atoms with E-state index in [4.69, 9.17) is 15.0 Å². The molecule has 1 aliphatic rings. The molecule has 1 unspecified atom stereocenters. The Hall–Kier alpha value is -3.26. The Bertz CT molecular complexity index is 1140. The molecule has 1 saturated heterocycles. The number of rotatable bonds is 7. The maximum atomic E-state index is 11.6. The number of aromatic nitrogens is 3. The van der Waals surface area contributed by atoms with E-state index in [2.05, 4.69) is 32.2 Å². The van der Waals surface area contributed by atoms with Gasteiger partial charge in [-0.25, -0.2) is 9.97 Å². The lowest BCUT2D eigenvalue weighted by Gasteiger charge is -2.35. The van der Waals surface area contributed by atoms with Crippen LogP contribution in [0.1, 0.15) is 75.3 Å². The van der Waals surface area contributed by atoms with Crippen LogP contribution in [0.15, 0.2) is 28.9 Å². The topological polar surface area (TPSA) is 107 Å². The van der Waals surface area contributed by atoms with Crippen LogP contribution in [0.2, 0.25) is 0 Å². The van der Waals surface area contributed by atoms with Crippen LogP contribution in [-0.2, 0) is 13.0 Å². The van der Waals surface area contributed by atoms with Crippen LogP contribution in [0.5, 0.6) is 5.75 Å². The first-order valence-corrected chi connectivity index (χ1v) is 11.3. The Labute approximate surface area is 194 Å². The fourth-order valence-electron chi connectivity index (χ4n) is 4.61. The number of ether oxygens (including phenoxy) is 1. The number of likely N-dealkylation sites (tertiary alicyclic amines) is 1. The SMILES string of the molecule is COc1ccc(CN2CCCCC2c2ncc(C(N)=O)c(C)n2)cc1Cc1c(C)noc1C. The Morgan fingerprint density at radius 2 is 2.06 bits per heavy atom. The zero-order valence-electron chi connectivity index (χ0n) is 19.7. The van der Waals surface area contributed by atoms with Crippen molar-refractivity contribution in [2.45, 2.75) is 59.0 Å². The van der Waals surface area contributed by atoms with Crippen LogP contribution in [-0.4, -0.2) is 39.6 Å². The standard InChI is InChI=1S/C25H31N5O3/c1-15-21(24(26)31)13-27-25(28-15)22-7-5-6-10-30(22)14-18-8-9-23(32-4)19(11-18)12-20-16(2)29-33-17(20)3/h8-9,11,13,22H,5-7,10,12,14H2,1-4H3,(H2,26,31). The van der Waals surface area contributed by atoms with Gasteiger partial charge < -0.3 is 15.0 Å². The Morgan fingerprint density at radius 3 is 2.73 bits per heavy atom. The third kappa shape index (κ3) is 4.90. The summed E-state index contributed by atoms with van der Waals surface area (Å²) < 4.78 is 11.0. The van der Waals surface area contributed by atoms with E-state index >= 15 is 0 Å². The molecule has 1 aromatic carbocycles. The molecule has 0 bridgehead atoms. The average molecular weight is 450 g/mol. The number of nitrogens with two attached hydrogens (primary N) is 1. The molecule has 4 rings (SSSR count). The van der Waals surface area contributed by atoms with Gasteiger partial charge in [0.1, 0.15) is 17.3 Å². The predicted molar refractivity (Wildman–Crippen MR) is 124 cm³/mol. The number of benzene rings is 1. The molecule has 3 aromatic rings. The van der Waals surface area contributed by atoms with Crippen LogP contribution >= 0.6 is 0 Å².